The molecule has 0 bridgehead atoms. The van der Waals surface area contributed by atoms with E-state index in [9.17, 15) is 4.79 Å². The van der Waals surface area contributed by atoms with Crippen molar-refractivity contribution in [2.75, 3.05) is 11.9 Å². The fourth-order valence-corrected chi connectivity index (χ4v) is 2.58. The van der Waals surface area contributed by atoms with E-state index in [-0.39, 0.29) is 5.78 Å². The molecule has 3 heteroatoms. The van der Waals surface area contributed by atoms with Crippen LogP contribution >= 0.6 is 0 Å². The van der Waals surface area contributed by atoms with Gasteiger partial charge in [0.1, 0.15) is 5.75 Å². The van der Waals surface area contributed by atoms with Gasteiger partial charge in [0, 0.05) is 23.5 Å². The second-order valence-electron chi connectivity index (χ2n) is 5.74. The number of benzene rings is 3. The Hall–Kier alpha value is -3.33. The van der Waals surface area contributed by atoms with Crippen molar-refractivity contribution in [3.63, 3.8) is 0 Å². The Morgan fingerprint density at radius 2 is 1.54 bits per heavy atom. The van der Waals surface area contributed by atoms with Crippen molar-refractivity contribution >= 4 is 11.5 Å². The Bertz CT molecular complexity index is 866. The Morgan fingerprint density at radius 1 is 0.885 bits per heavy atom. The van der Waals surface area contributed by atoms with Gasteiger partial charge < -0.3 is 10.1 Å². The smallest absolute Gasteiger partial charge is 0.187 e. The first-order valence-electron chi connectivity index (χ1n) is 8.62. The van der Waals surface area contributed by atoms with E-state index in [1.54, 1.807) is 6.20 Å². The van der Waals surface area contributed by atoms with Crippen LogP contribution in [0.4, 0.5) is 5.69 Å². The molecule has 0 aromatic heterocycles. The fraction of sp³-hybridized carbons (Fsp3) is 0.0870. The summed E-state index contributed by atoms with van der Waals surface area (Å²) >= 11 is 0. The summed E-state index contributed by atoms with van der Waals surface area (Å²) in [5.74, 6) is 0.791. The number of rotatable bonds is 7. The lowest BCUT2D eigenvalue weighted by Gasteiger charge is -2.05. The van der Waals surface area contributed by atoms with Crippen LogP contribution in [0.3, 0.4) is 0 Å². The van der Waals surface area contributed by atoms with Crippen molar-refractivity contribution in [2.45, 2.75) is 6.92 Å². The van der Waals surface area contributed by atoms with Crippen molar-refractivity contribution < 1.29 is 9.53 Å². The second-order valence-corrected chi connectivity index (χ2v) is 5.74. The van der Waals surface area contributed by atoms with E-state index in [0.717, 1.165) is 22.6 Å². The van der Waals surface area contributed by atoms with Crippen LogP contribution in [0.1, 0.15) is 17.3 Å². The molecule has 0 spiro atoms. The first kappa shape index (κ1) is 17.5. The standard InChI is InChI=1S/C23H21NO2/c1-2-26-22-14-12-21(13-15-22)24-17-16-23(25)20-10-8-19(9-11-20)18-6-4-3-5-7-18/h3-17,24H,2H2,1H3. The van der Waals surface area contributed by atoms with Crippen molar-refractivity contribution in [3.05, 3.63) is 96.7 Å². The number of nitrogens with one attached hydrogen (secondary N) is 1. The zero-order valence-corrected chi connectivity index (χ0v) is 14.7. The molecular formula is C23H21NO2. The molecule has 26 heavy (non-hydrogen) atoms. The van der Waals surface area contributed by atoms with Gasteiger partial charge in [0.15, 0.2) is 5.78 Å². The highest BCUT2D eigenvalue weighted by Crippen LogP contribution is 2.19. The van der Waals surface area contributed by atoms with Gasteiger partial charge in [-0.2, -0.15) is 0 Å². The summed E-state index contributed by atoms with van der Waals surface area (Å²) in [6.07, 6.45) is 3.19. The Labute approximate surface area is 154 Å². The number of ketones is 1. The minimum atomic E-state index is -0.0388. The van der Waals surface area contributed by atoms with Crippen LogP contribution in [-0.2, 0) is 0 Å². The van der Waals surface area contributed by atoms with Gasteiger partial charge in [-0.3, -0.25) is 4.79 Å². The molecule has 0 aliphatic rings. The fourth-order valence-electron chi connectivity index (χ4n) is 2.58. The quantitative estimate of drug-likeness (QED) is 0.451. The minimum absolute atomic E-state index is 0.0388. The maximum absolute atomic E-state index is 12.3. The zero-order chi connectivity index (χ0) is 18.2. The van der Waals surface area contributed by atoms with Crippen LogP contribution in [-0.4, -0.2) is 12.4 Å². The van der Waals surface area contributed by atoms with E-state index in [4.69, 9.17) is 4.74 Å². The molecule has 3 aromatic carbocycles. The van der Waals surface area contributed by atoms with E-state index < -0.39 is 0 Å². The third-order valence-corrected chi connectivity index (χ3v) is 3.93. The van der Waals surface area contributed by atoms with E-state index >= 15 is 0 Å². The summed E-state index contributed by atoms with van der Waals surface area (Å²) in [5, 5.41) is 3.09. The average Bonchev–Trinajstić information content (AvgIpc) is 2.70. The van der Waals surface area contributed by atoms with E-state index in [0.29, 0.717) is 12.2 Å². The molecule has 0 heterocycles. The molecule has 3 rings (SSSR count). The molecule has 0 aliphatic heterocycles. The monoisotopic (exact) mass is 343 g/mol. The van der Waals surface area contributed by atoms with Gasteiger partial charge in [0.2, 0.25) is 0 Å². The lowest BCUT2D eigenvalue weighted by Crippen LogP contribution is -1.96. The molecule has 0 fully saturated rings. The maximum Gasteiger partial charge on any atom is 0.187 e. The van der Waals surface area contributed by atoms with Crippen LogP contribution in [0.25, 0.3) is 11.1 Å². The molecule has 0 saturated heterocycles. The molecule has 0 atom stereocenters. The zero-order valence-electron chi connectivity index (χ0n) is 14.7. The van der Waals surface area contributed by atoms with Crippen LogP contribution < -0.4 is 10.1 Å². The lowest BCUT2D eigenvalue weighted by molar-refractivity contribution is 0.104. The van der Waals surface area contributed by atoms with E-state index in [1.807, 2.05) is 73.7 Å². The van der Waals surface area contributed by atoms with Gasteiger partial charge in [-0.05, 0) is 42.3 Å². The Morgan fingerprint density at radius 3 is 2.19 bits per heavy atom. The number of carbonyl (C=O) groups is 1. The van der Waals surface area contributed by atoms with Crippen molar-refractivity contribution in [3.8, 4) is 16.9 Å². The third-order valence-electron chi connectivity index (χ3n) is 3.93. The van der Waals surface area contributed by atoms with Crippen LogP contribution in [0, 0.1) is 0 Å². The highest BCUT2D eigenvalue weighted by molar-refractivity contribution is 6.04. The van der Waals surface area contributed by atoms with Gasteiger partial charge in [-0.15, -0.1) is 0 Å². The summed E-state index contributed by atoms with van der Waals surface area (Å²) in [5.41, 5.74) is 3.80. The lowest BCUT2D eigenvalue weighted by atomic mass is 10.0. The summed E-state index contributed by atoms with van der Waals surface area (Å²) in [6, 6.07) is 25.4. The first-order valence-corrected chi connectivity index (χ1v) is 8.62. The number of anilines is 1. The SMILES string of the molecule is CCOc1ccc(NC=CC(=O)c2ccc(-c3ccccc3)cc2)cc1. The van der Waals surface area contributed by atoms with Gasteiger partial charge in [0.25, 0.3) is 0 Å². The molecule has 0 radical (unpaired) electrons. The highest BCUT2D eigenvalue weighted by atomic mass is 16.5. The number of allylic oxidation sites excluding steroid dienone is 1. The van der Waals surface area contributed by atoms with E-state index in [1.165, 1.54) is 6.08 Å². The van der Waals surface area contributed by atoms with Gasteiger partial charge in [-0.1, -0.05) is 54.6 Å². The number of hydrogen-bond donors (Lipinski definition) is 1. The first-order chi connectivity index (χ1) is 12.8. The summed E-state index contributed by atoms with van der Waals surface area (Å²) in [4.78, 5) is 12.3. The maximum atomic E-state index is 12.3. The third kappa shape index (κ3) is 4.61. The number of carbonyl (C=O) groups excluding carboxylic acids is 1. The van der Waals surface area contributed by atoms with Crippen molar-refractivity contribution in [2.24, 2.45) is 0 Å². The van der Waals surface area contributed by atoms with Crippen molar-refractivity contribution in [1.29, 1.82) is 0 Å². The summed E-state index contributed by atoms with van der Waals surface area (Å²) in [6.45, 7) is 2.59. The average molecular weight is 343 g/mol. The second kappa shape index (κ2) is 8.67. The van der Waals surface area contributed by atoms with Gasteiger partial charge in [0.05, 0.1) is 6.61 Å². The largest absolute Gasteiger partial charge is 0.494 e. The molecule has 0 aliphatic carbocycles. The Balaban J connectivity index is 1.59. The van der Waals surface area contributed by atoms with E-state index in [2.05, 4.69) is 17.4 Å². The minimum Gasteiger partial charge on any atom is -0.494 e. The summed E-state index contributed by atoms with van der Waals surface area (Å²) < 4.78 is 5.40. The van der Waals surface area contributed by atoms with Crippen LogP contribution in [0.2, 0.25) is 0 Å². The molecule has 1 N–H and O–H groups in total. The number of ether oxygens (including phenoxy) is 1. The predicted molar refractivity (Wildman–Crippen MR) is 107 cm³/mol. The van der Waals surface area contributed by atoms with Gasteiger partial charge in [-0.25, -0.2) is 0 Å². The number of hydrogen-bond acceptors (Lipinski definition) is 3. The van der Waals surface area contributed by atoms with Crippen LogP contribution in [0.5, 0.6) is 5.75 Å². The molecule has 0 amide bonds. The van der Waals surface area contributed by atoms with Crippen LogP contribution in [0.15, 0.2) is 91.1 Å². The predicted octanol–water partition coefficient (Wildman–Crippen LogP) is 5.56. The molecule has 0 unspecified atom stereocenters. The summed E-state index contributed by atoms with van der Waals surface area (Å²) in [7, 11) is 0. The molecule has 3 aromatic rings. The molecule has 130 valence electrons. The van der Waals surface area contributed by atoms with Crippen molar-refractivity contribution in [1.82, 2.24) is 0 Å². The van der Waals surface area contributed by atoms with Gasteiger partial charge >= 0.3 is 0 Å². The topological polar surface area (TPSA) is 38.3 Å². The Kier molecular flexibility index (Phi) is 5.84. The normalized spacial score (nSPS) is 10.7. The highest BCUT2D eigenvalue weighted by Gasteiger charge is 2.03. The molecule has 0 saturated carbocycles. The molecular weight excluding hydrogens is 322 g/mol. The molecule has 3 nitrogen and oxygen atoms in total.